The van der Waals surface area contributed by atoms with Crippen molar-refractivity contribution in [2.45, 2.75) is 12.8 Å². The molecule has 0 saturated heterocycles. The zero-order chi connectivity index (χ0) is 23.7. The molecule has 0 fully saturated rings. The quantitative estimate of drug-likeness (QED) is 0.223. The largest absolute Gasteiger partial charge is 0.454 e. The number of halogens is 2. The van der Waals surface area contributed by atoms with Gasteiger partial charge in [-0.2, -0.15) is 0 Å². The number of aromatic nitrogens is 1. The summed E-state index contributed by atoms with van der Waals surface area (Å²) >= 11 is 11.9. The van der Waals surface area contributed by atoms with Gasteiger partial charge in [-0.3, -0.25) is 4.79 Å². The number of esters is 1. The highest BCUT2D eigenvalue weighted by atomic mass is 35.5. The predicted molar refractivity (Wildman–Crippen MR) is 135 cm³/mol. The normalized spacial score (nSPS) is 13.8. The number of ether oxygens (including phenoxy) is 1. The van der Waals surface area contributed by atoms with Crippen LogP contribution in [-0.4, -0.2) is 23.3 Å². The van der Waals surface area contributed by atoms with Crippen molar-refractivity contribution in [2.75, 3.05) is 6.61 Å². The Kier molecular flexibility index (Phi) is 6.18. The third kappa shape index (κ3) is 4.47. The number of para-hydroxylation sites is 1. The maximum atomic E-state index is 13.3. The molecule has 1 aliphatic rings. The molecule has 0 amide bonds. The fourth-order valence-electron chi connectivity index (χ4n) is 4.19. The monoisotopic (exact) mass is 487 g/mol. The molecule has 4 aromatic rings. The van der Waals surface area contributed by atoms with Crippen LogP contribution in [0.5, 0.6) is 0 Å². The minimum atomic E-state index is -0.523. The van der Waals surface area contributed by atoms with Gasteiger partial charge in [0.1, 0.15) is 0 Å². The Hall–Kier alpha value is -3.47. The molecule has 6 heteroatoms. The number of benzene rings is 3. The van der Waals surface area contributed by atoms with Gasteiger partial charge < -0.3 is 4.74 Å². The Morgan fingerprint density at radius 2 is 1.56 bits per heavy atom. The van der Waals surface area contributed by atoms with Crippen molar-refractivity contribution in [2.24, 2.45) is 0 Å². The molecule has 0 unspecified atom stereocenters. The number of hydrogen-bond donors (Lipinski definition) is 0. The van der Waals surface area contributed by atoms with Gasteiger partial charge in [-0.1, -0.05) is 53.5 Å². The van der Waals surface area contributed by atoms with E-state index in [4.69, 9.17) is 32.9 Å². The zero-order valence-corrected chi connectivity index (χ0v) is 19.6. The minimum absolute atomic E-state index is 0.289. The Morgan fingerprint density at radius 3 is 2.29 bits per heavy atom. The number of ketones is 1. The second-order valence-electron chi connectivity index (χ2n) is 8.06. The molecule has 34 heavy (non-hydrogen) atoms. The minimum Gasteiger partial charge on any atom is -0.454 e. The molecule has 1 aromatic heterocycles. The van der Waals surface area contributed by atoms with Crippen LogP contribution in [0.15, 0.2) is 72.8 Å². The van der Waals surface area contributed by atoms with Crippen LogP contribution in [-0.2, 0) is 11.2 Å². The molecule has 5 rings (SSSR count). The first-order chi connectivity index (χ1) is 16.5. The molecule has 0 aliphatic heterocycles. The molecule has 1 heterocycles. The summed E-state index contributed by atoms with van der Waals surface area (Å²) in [6, 6.07) is 21.6. The number of fused-ring (bicyclic) bond motifs is 2. The van der Waals surface area contributed by atoms with Crippen molar-refractivity contribution in [1.82, 2.24) is 4.98 Å². The molecule has 0 saturated carbocycles. The lowest BCUT2D eigenvalue weighted by Crippen LogP contribution is -2.16. The van der Waals surface area contributed by atoms with Crippen molar-refractivity contribution in [1.29, 1.82) is 0 Å². The van der Waals surface area contributed by atoms with Gasteiger partial charge in [0, 0.05) is 21.0 Å². The van der Waals surface area contributed by atoms with E-state index in [1.807, 2.05) is 48.5 Å². The summed E-state index contributed by atoms with van der Waals surface area (Å²) in [5.41, 5.74) is 5.34. The van der Waals surface area contributed by atoms with Gasteiger partial charge in [-0.25, -0.2) is 9.78 Å². The van der Waals surface area contributed by atoms with Crippen molar-refractivity contribution >= 4 is 57.5 Å². The smallest absolute Gasteiger partial charge is 0.339 e. The van der Waals surface area contributed by atoms with E-state index in [-0.39, 0.29) is 12.4 Å². The van der Waals surface area contributed by atoms with Crippen molar-refractivity contribution in [3.05, 3.63) is 111 Å². The topological polar surface area (TPSA) is 56.3 Å². The SMILES string of the molecule is O=C(COC(=O)c1c2c(nc3ccccc13)C(=Cc1ccc(Cl)cc1)CC2)c1ccc(Cl)cc1. The van der Waals surface area contributed by atoms with E-state index in [9.17, 15) is 9.59 Å². The lowest BCUT2D eigenvalue weighted by Gasteiger charge is -2.12. The lowest BCUT2D eigenvalue weighted by atomic mass is 10.0. The number of Topliss-reactive ketones (excluding diaryl/α,β-unsaturated/α-hetero) is 1. The molecular weight excluding hydrogens is 469 g/mol. The first kappa shape index (κ1) is 22.3. The van der Waals surface area contributed by atoms with Crippen LogP contribution < -0.4 is 0 Å². The molecule has 168 valence electrons. The Balaban J connectivity index is 1.48. The molecule has 0 radical (unpaired) electrons. The van der Waals surface area contributed by atoms with Crippen LogP contribution in [0.25, 0.3) is 22.6 Å². The molecular formula is C28H19Cl2NO3. The van der Waals surface area contributed by atoms with E-state index < -0.39 is 5.97 Å². The Morgan fingerprint density at radius 1 is 0.882 bits per heavy atom. The molecule has 3 aromatic carbocycles. The number of rotatable bonds is 5. The highest BCUT2D eigenvalue weighted by Gasteiger charge is 2.28. The molecule has 0 N–H and O–H groups in total. The fraction of sp³-hybridized carbons (Fsp3) is 0.107. The first-order valence-electron chi connectivity index (χ1n) is 10.8. The second-order valence-corrected chi connectivity index (χ2v) is 8.93. The van der Waals surface area contributed by atoms with Gasteiger partial charge in [-0.05, 0) is 78.1 Å². The van der Waals surface area contributed by atoms with Gasteiger partial charge in [0.2, 0.25) is 0 Å². The van der Waals surface area contributed by atoms with Gasteiger partial charge in [0.15, 0.2) is 12.4 Å². The predicted octanol–water partition coefficient (Wildman–Crippen LogP) is 7.07. The Labute approximate surface area is 206 Å². The number of carbonyl (C=O) groups excluding carboxylic acids is 2. The maximum Gasteiger partial charge on any atom is 0.339 e. The fourth-order valence-corrected chi connectivity index (χ4v) is 4.45. The molecule has 4 nitrogen and oxygen atoms in total. The van der Waals surface area contributed by atoms with Gasteiger partial charge in [-0.15, -0.1) is 0 Å². The average Bonchev–Trinajstić information content (AvgIpc) is 3.24. The molecule has 0 bridgehead atoms. The van der Waals surface area contributed by atoms with E-state index in [1.54, 1.807) is 24.3 Å². The summed E-state index contributed by atoms with van der Waals surface area (Å²) in [7, 11) is 0. The summed E-state index contributed by atoms with van der Waals surface area (Å²) in [6.45, 7) is -0.348. The summed E-state index contributed by atoms with van der Waals surface area (Å²) in [5, 5.41) is 1.93. The molecule has 0 atom stereocenters. The summed E-state index contributed by atoms with van der Waals surface area (Å²) in [5.74, 6) is -0.812. The summed E-state index contributed by atoms with van der Waals surface area (Å²) < 4.78 is 5.49. The maximum absolute atomic E-state index is 13.3. The first-order valence-corrected chi connectivity index (χ1v) is 11.6. The number of carbonyl (C=O) groups is 2. The van der Waals surface area contributed by atoms with Crippen LogP contribution in [0, 0.1) is 0 Å². The van der Waals surface area contributed by atoms with Crippen LogP contribution in [0.4, 0.5) is 0 Å². The lowest BCUT2D eigenvalue weighted by molar-refractivity contribution is 0.0475. The zero-order valence-electron chi connectivity index (χ0n) is 18.1. The van der Waals surface area contributed by atoms with Gasteiger partial charge in [0.05, 0.1) is 16.8 Å². The third-order valence-electron chi connectivity index (χ3n) is 5.86. The third-order valence-corrected chi connectivity index (χ3v) is 6.36. The molecule has 1 aliphatic carbocycles. The number of nitrogens with zero attached hydrogens (tertiary/aromatic N) is 1. The highest BCUT2D eigenvalue weighted by molar-refractivity contribution is 6.31. The van der Waals surface area contributed by atoms with Crippen molar-refractivity contribution < 1.29 is 14.3 Å². The Bertz CT molecular complexity index is 1440. The van der Waals surface area contributed by atoms with E-state index in [0.29, 0.717) is 33.1 Å². The number of allylic oxidation sites excluding steroid dienone is 1. The van der Waals surface area contributed by atoms with Crippen molar-refractivity contribution in [3.63, 3.8) is 0 Å². The standard InChI is InChI=1S/C28H19Cl2NO3/c29-20-10-5-17(6-11-20)15-19-9-14-23-26(22-3-1-2-4-24(22)31-27(19)23)28(33)34-16-25(32)18-7-12-21(30)13-8-18/h1-8,10-13,15H,9,14,16H2. The van der Waals surface area contributed by atoms with E-state index in [2.05, 4.69) is 6.08 Å². The van der Waals surface area contributed by atoms with Gasteiger partial charge >= 0.3 is 5.97 Å². The highest BCUT2D eigenvalue weighted by Crippen LogP contribution is 2.38. The number of pyridine rings is 1. The van der Waals surface area contributed by atoms with E-state index in [1.165, 1.54) is 0 Å². The van der Waals surface area contributed by atoms with Crippen LogP contribution in [0.1, 0.15) is 44.0 Å². The van der Waals surface area contributed by atoms with Crippen LogP contribution in [0.3, 0.4) is 0 Å². The van der Waals surface area contributed by atoms with Crippen molar-refractivity contribution in [3.8, 4) is 0 Å². The number of hydrogen-bond acceptors (Lipinski definition) is 4. The summed E-state index contributed by atoms with van der Waals surface area (Å²) in [6.07, 6.45) is 3.50. The molecule has 0 spiro atoms. The van der Waals surface area contributed by atoms with E-state index >= 15 is 0 Å². The average molecular weight is 488 g/mol. The van der Waals surface area contributed by atoms with Gasteiger partial charge in [0.25, 0.3) is 0 Å². The summed E-state index contributed by atoms with van der Waals surface area (Å²) in [4.78, 5) is 30.6. The van der Waals surface area contributed by atoms with Crippen LogP contribution in [0.2, 0.25) is 10.0 Å². The van der Waals surface area contributed by atoms with E-state index in [0.717, 1.165) is 34.2 Å². The second kappa shape index (κ2) is 9.41. The van der Waals surface area contributed by atoms with Crippen LogP contribution >= 0.6 is 23.2 Å².